The molecule has 5 nitrogen and oxygen atoms in total. The van der Waals surface area contributed by atoms with Gasteiger partial charge in [-0.2, -0.15) is 0 Å². The lowest BCUT2D eigenvalue weighted by molar-refractivity contribution is -0.418. The lowest BCUT2D eigenvalue weighted by Gasteiger charge is -2.23. The van der Waals surface area contributed by atoms with Gasteiger partial charge >= 0.3 is 0 Å². The van der Waals surface area contributed by atoms with E-state index in [2.05, 4.69) is 10.9 Å². The van der Waals surface area contributed by atoms with Crippen molar-refractivity contribution in [2.24, 2.45) is 0 Å². The molecule has 0 bridgehead atoms. The summed E-state index contributed by atoms with van der Waals surface area (Å²) >= 11 is 5.94. The van der Waals surface area contributed by atoms with Crippen molar-refractivity contribution in [1.29, 1.82) is 0 Å². The summed E-state index contributed by atoms with van der Waals surface area (Å²) in [7, 11) is 0. The Balaban J connectivity index is 2.16. The molecule has 0 unspecified atom stereocenters. The number of hydrogen-bond donors (Lipinski definition) is 2. The van der Waals surface area contributed by atoms with Crippen LogP contribution in [0, 0.1) is 10.1 Å². The average molecular weight is 276 g/mol. The number of hydrazine groups is 1. The van der Waals surface area contributed by atoms with E-state index in [0.29, 0.717) is 11.4 Å². The second-order valence-electron chi connectivity index (χ2n) is 4.26. The normalized spacial score (nSPS) is 16.6. The molecule has 0 atom stereocenters. The smallest absolute Gasteiger partial charge is 0.269 e. The molecule has 0 fully saturated rings. The van der Waals surface area contributed by atoms with E-state index in [-0.39, 0.29) is 10.6 Å². The highest BCUT2D eigenvalue weighted by Gasteiger charge is 2.21. The molecule has 0 amide bonds. The average Bonchev–Trinajstić information content (AvgIpc) is 2.60. The fraction of sp³-hybridized carbons (Fsp3) is 0.0769. The minimum absolute atomic E-state index is 0.0783. The third kappa shape index (κ3) is 2.08. The van der Waals surface area contributed by atoms with E-state index < -0.39 is 0 Å². The van der Waals surface area contributed by atoms with Crippen molar-refractivity contribution in [2.45, 2.75) is 6.42 Å². The highest BCUT2D eigenvalue weighted by molar-refractivity contribution is 6.31. The van der Waals surface area contributed by atoms with Crippen LogP contribution in [0.1, 0.15) is 12.0 Å². The molecule has 3 rings (SSSR count). The predicted molar refractivity (Wildman–Crippen MR) is 74.0 cm³/mol. The number of hydrogen-bond acceptors (Lipinski definition) is 4. The minimum Gasteiger partial charge on any atom is -0.304 e. The van der Waals surface area contributed by atoms with Crippen molar-refractivity contribution in [2.75, 3.05) is 5.43 Å². The summed E-state index contributed by atoms with van der Waals surface area (Å²) < 4.78 is 0. The fourth-order valence-corrected chi connectivity index (χ4v) is 2.33. The summed E-state index contributed by atoms with van der Waals surface area (Å²) in [5.74, 6) is 0. The van der Waals surface area contributed by atoms with Crippen LogP contribution in [0.2, 0.25) is 5.02 Å². The summed E-state index contributed by atoms with van der Waals surface area (Å²) in [5, 5.41) is 11.6. The summed E-state index contributed by atoms with van der Waals surface area (Å²) in [6, 6.07) is 5.42. The highest BCUT2D eigenvalue weighted by Crippen LogP contribution is 2.35. The number of anilines is 1. The van der Waals surface area contributed by atoms with Crippen molar-refractivity contribution >= 4 is 22.9 Å². The van der Waals surface area contributed by atoms with Crippen molar-refractivity contribution in [3.8, 4) is 0 Å². The van der Waals surface area contributed by atoms with Crippen LogP contribution in [0.25, 0.3) is 5.57 Å². The highest BCUT2D eigenvalue weighted by atomic mass is 35.5. The molecule has 1 aliphatic heterocycles. The van der Waals surface area contributed by atoms with Gasteiger partial charge in [0.2, 0.25) is 0 Å². The van der Waals surface area contributed by atoms with E-state index in [0.717, 1.165) is 22.5 Å². The van der Waals surface area contributed by atoms with Crippen LogP contribution in [0.3, 0.4) is 0 Å². The maximum Gasteiger partial charge on any atom is 0.269 e. The van der Waals surface area contributed by atoms with E-state index in [1.54, 1.807) is 24.3 Å². The van der Waals surface area contributed by atoms with Crippen molar-refractivity contribution in [3.05, 3.63) is 68.5 Å². The summed E-state index contributed by atoms with van der Waals surface area (Å²) in [6.07, 6.45) is 5.49. The number of rotatable bonds is 1. The second kappa shape index (κ2) is 4.44. The fourth-order valence-electron chi connectivity index (χ4n) is 2.16. The van der Waals surface area contributed by atoms with Crippen LogP contribution in [0.4, 0.5) is 5.69 Å². The predicted octanol–water partition coefficient (Wildman–Crippen LogP) is 3.10. The SMILES string of the molecule is O=[N+]([O-])C1=CC2=C(CC=C1)NNc1cc(Cl)ccc12. The zero-order valence-electron chi connectivity index (χ0n) is 9.81. The van der Waals surface area contributed by atoms with E-state index in [1.807, 2.05) is 6.07 Å². The lowest BCUT2D eigenvalue weighted by atomic mass is 9.99. The van der Waals surface area contributed by atoms with Crippen LogP contribution >= 0.6 is 11.6 Å². The standard InChI is InChI=1S/C13H10ClN3O2/c14-8-4-5-10-11-7-9(17(18)19)2-1-3-12(11)15-16-13(10)6-8/h1-2,4-7,15-16H,3H2. The van der Waals surface area contributed by atoms with Crippen molar-refractivity contribution < 1.29 is 4.92 Å². The first-order valence-electron chi connectivity index (χ1n) is 5.73. The summed E-state index contributed by atoms with van der Waals surface area (Å²) in [5.41, 5.74) is 9.63. The number of benzene rings is 1. The molecule has 0 radical (unpaired) electrons. The van der Waals surface area contributed by atoms with Gasteiger partial charge in [-0.3, -0.25) is 10.1 Å². The molecule has 19 heavy (non-hydrogen) atoms. The largest absolute Gasteiger partial charge is 0.304 e. The first-order valence-corrected chi connectivity index (χ1v) is 6.10. The van der Waals surface area contributed by atoms with Crippen LogP contribution in [0.15, 0.2) is 47.8 Å². The van der Waals surface area contributed by atoms with Gasteiger partial charge < -0.3 is 10.9 Å². The summed E-state index contributed by atoms with van der Waals surface area (Å²) in [4.78, 5) is 10.6. The van der Waals surface area contributed by atoms with E-state index in [9.17, 15) is 10.1 Å². The molecule has 0 saturated carbocycles. The number of halogens is 1. The van der Waals surface area contributed by atoms with Gasteiger partial charge in [0.15, 0.2) is 0 Å². The van der Waals surface area contributed by atoms with Crippen LogP contribution < -0.4 is 10.9 Å². The molecule has 0 aromatic heterocycles. The zero-order chi connectivity index (χ0) is 13.4. The van der Waals surface area contributed by atoms with E-state index >= 15 is 0 Å². The molecule has 2 aliphatic rings. The van der Waals surface area contributed by atoms with Gasteiger partial charge in [0, 0.05) is 40.4 Å². The Morgan fingerprint density at radius 2 is 2.16 bits per heavy atom. The molecule has 2 N–H and O–H groups in total. The van der Waals surface area contributed by atoms with Crippen LogP contribution in [-0.4, -0.2) is 4.92 Å². The van der Waals surface area contributed by atoms with Gasteiger partial charge in [-0.1, -0.05) is 23.7 Å². The molecule has 0 saturated heterocycles. The zero-order valence-corrected chi connectivity index (χ0v) is 10.6. The lowest BCUT2D eigenvalue weighted by Crippen LogP contribution is -2.26. The topological polar surface area (TPSA) is 67.2 Å². The molecule has 1 heterocycles. The van der Waals surface area contributed by atoms with Gasteiger partial charge in [0.05, 0.1) is 10.6 Å². The maximum absolute atomic E-state index is 11.0. The quantitative estimate of drug-likeness (QED) is 0.610. The maximum atomic E-state index is 11.0. The molecule has 0 spiro atoms. The second-order valence-corrected chi connectivity index (χ2v) is 4.70. The van der Waals surface area contributed by atoms with Gasteiger partial charge in [0.1, 0.15) is 0 Å². The number of nitrogens with zero attached hydrogens (tertiary/aromatic N) is 1. The van der Waals surface area contributed by atoms with Gasteiger partial charge in [0.25, 0.3) is 5.70 Å². The number of fused-ring (bicyclic) bond motifs is 2. The van der Waals surface area contributed by atoms with Crippen molar-refractivity contribution in [1.82, 2.24) is 5.43 Å². The Morgan fingerprint density at radius 3 is 2.95 bits per heavy atom. The van der Waals surface area contributed by atoms with Crippen molar-refractivity contribution in [3.63, 3.8) is 0 Å². The Bertz CT molecular complexity index is 662. The molecule has 96 valence electrons. The Morgan fingerprint density at radius 1 is 1.32 bits per heavy atom. The van der Waals surface area contributed by atoms with Crippen LogP contribution in [0.5, 0.6) is 0 Å². The Hall–Kier alpha value is -2.27. The number of nitro groups is 1. The van der Waals surface area contributed by atoms with Gasteiger partial charge in [-0.05, 0) is 12.1 Å². The number of nitrogens with one attached hydrogen (secondary N) is 2. The first kappa shape index (κ1) is 11.8. The van der Waals surface area contributed by atoms with Gasteiger partial charge in [-0.15, -0.1) is 0 Å². The number of allylic oxidation sites excluding steroid dienone is 4. The summed E-state index contributed by atoms with van der Waals surface area (Å²) in [6.45, 7) is 0. The van der Waals surface area contributed by atoms with Gasteiger partial charge in [-0.25, -0.2) is 0 Å². The third-order valence-electron chi connectivity index (χ3n) is 3.06. The Labute approximate surface area is 114 Å². The first-order chi connectivity index (χ1) is 9.15. The molecule has 1 aromatic rings. The van der Waals surface area contributed by atoms with E-state index in [1.165, 1.54) is 6.08 Å². The monoisotopic (exact) mass is 275 g/mol. The Kier molecular flexibility index (Phi) is 2.76. The molecule has 1 aliphatic carbocycles. The van der Waals surface area contributed by atoms with E-state index in [4.69, 9.17) is 11.6 Å². The minimum atomic E-state index is -0.385. The van der Waals surface area contributed by atoms with Crippen LogP contribution in [-0.2, 0) is 0 Å². The molecule has 6 heteroatoms. The third-order valence-corrected chi connectivity index (χ3v) is 3.29. The molecular formula is C13H10ClN3O2. The molecule has 1 aromatic carbocycles. The molecular weight excluding hydrogens is 266 g/mol.